The molecule has 3 rings (SSSR count). The Morgan fingerprint density at radius 3 is 2.27 bits per heavy atom. The van der Waals surface area contributed by atoms with Crippen molar-refractivity contribution >= 4 is 21.7 Å². The number of hydrogen-bond acceptors (Lipinski definition) is 6. The van der Waals surface area contributed by atoms with Crippen molar-refractivity contribution in [2.75, 3.05) is 6.61 Å². The molecule has 2 atom stereocenters. The second-order valence-electron chi connectivity index (χ2n) is 6.98. The Kier molecular flexibility index (Phi) is 6.04. The van der Waals surface area contributed by atoms with Crippen molar-refractivity contribution in [1.82, 2.24) is 4.31 Å². The zero-order chi connectivity index (χ0) is 22.1. The fourth-order valence-corrected chi connectivity index (χ4v) is 5.22. The Labute approximate surface area is 175 Å². The molecule has 0 aromatic heterocycles. The lowest BCUT2D eigenvalue weighted by Crippen LogP contribution is -2.37. The van der Waals surface area contributed by atoms with Crippen LogP contribution in [0.1, 0.15) is 31.0 Å². The molecule has 0 aliphatic carbocycles. The van der Waals surface area contributed by atoms with Crippen molar-refractivity contribution < 1.29 is 22.9 Å². The molecule has 1 aliphatic heterocycles. The standard InChI is InChI=1S/C21H22N2O6S/c1-4-29-21(24)19-13-15(3)22(30(27,28)18-11-5-14(2)6-12-18)20(19)16-7-9-17(10-8-16)23(25)26/h5-13,15,20H,4H2,1-3H3/t15-,20+/m1/s1. The molecular formula is C21H22N2O6S. The number of carbonyl (C=O) groups excluding carboxylic acids is 1. The van der Waals surface area contributed by atoms with Crippen LogP contribution in [0.15, 0.2) is 65.1 Å². The predicted molar refractivity (Wildman–Crippen MR) is 110 cm³/mol. The summed E-state index contributed by atoms with van der Waals surface area (Å²) in [6.45, 7) is 5.34. The molecule has 8 nitrogen and oxygen atoms in total. The first-order valence-electron chi connectivity index (χ1n) is 9.40. The van der Waals surface area contributed by atoms with Crippen molar-refractivity contribution in [1.29, 1.82) is 0 Å². The molecule has 2 aromatic carbocycles. The van der Waals surface area contributed by atoms with Crippen molar-refractivity contribution in [3.63, 3.8) is 0 Å². The highest BCUT2D eigenvalue weighted by Crippen LogP contribution is 2.41. The van der Waals surface area contributed by atoms with Crippen LogP contribution in [0.2, 0.25) is 0 Å². The highest BCUT2D eigenvalue weighted by molar-refractivity contribution is 7.89. The number of hydrogen-bond donors (Lipinski definition) is 0. The van der Waals surface area contributed by atoms with E-state index in [0.717, 1.165) is 5.56 Å². The van der Waals surface area contributed by atoms with Crippen LogP contribution in [0.4, 0.5) is 5.69 Å². The quantitative estimate of drug-likeness (QED) is 0.394. The lowest BCUT2D eigenvalue weighted by atomic mass is 10.0. The highest BCUT2D eigenvalue weighted by Gasteiger charge is 2.44. The smallest absolute Gasteiger partial charge is 0.335 e. The predicted octanol–water partition coefficient (Wildman–Crippen LogP) is 3.53. The summed E-state index contributed by atoms with van der Waals surface area (Å²) >= 11 is 0. The number of nitro benzene ring substituents is 1. The van der Waals surface area contributed by atoms with Crippen LogP contribution in [-0.4, -0.2) is 36.3 Å². The first kappa shape index (κ1) is 21.7. The average molecular weight is 430 g/mol. The van der Waals surface area contributed by atoms with Gasteiger partial charge in [-0.05, 0) is 38.5 Å². The number of carbonyl (C=O) groups is 1. The second-order valence-corrected chi connectivity index (χ2v) is 8.83. The molecule has 0 N–H and O–H groups in total. The molecule has 0 saturated carbocycles. The summed E-state index contributed by atoms with van der Waals surface area (Å²) in [6.07, 6.45) is 1.57. The van der Waals surface area contributed by atoms with E-state index in [1.54, 1.807) is 32.1 Å². The Bertz CT molecular complexity index is 1090. The molecule has 0 unspecified atom stereocenters. The topological polar surface area (TPSA) is 107 Å². The van der Waals surface area contributed by atoms with Gasteiger partial charge in [-0.2, -0.15) is 4.31 Å². The lowest BCUT2D eigenvalue weighted by molar-refractivity contribution is -0.384. The molecule has 30 heavy (non-hydrogen) atoms. The summed E-state index contributed by atoms with van der Waals surface area (Å²) in [4.78, 5) is 23.1. The number of sulfonamides is 1. The maximum absolute atomic E-state index is 13.5. The summed E-state index contributed by atoms with van der Waals surface area (Å²) < 4.78 is 33.3. The minimum absolute atomic E-state index is 0.102. The van der Waals surface area contributed by atoms with Crippen molar-refractivity contribution in [3.05, 3.63) is 81.4 Å². The van der Waals surface area contributed by atoms with Gasteiger partial charge in [-0.15, -0.1) is 0 Å². The monoisotopic (exact) mass is 430 g/mol. The Morgan fingerprint density at radius 1 is 1.13 bits per heavy atom. The van der Waals surface area contributed by atoms with Crippen LogP contribution in [0, 0.1) is 17.0 Å². The van der Waals surface area contributed by atoms with Gasteiger partial charge in [0.1, 0.15) is 0 Å². The van der Waals surface area contributed by atoms with E-state index >= 15 is 0 Å². The second kappa shape index (κ2) is 8.37. The molecule has 2 aromatic rings. The first-order valence-corrected chi connectivity index (χ1v) is 10.8. The van der Waals surface area contributed by atoms with Crippen LogP contribution in [0.25, 0.3) is 0 Å². The van der Waals surface area contributed by atoms with Gasteiger partial charge in [0.15, 0.2) is 0 Å². The van der Waals surface area contributed by atoms with Gasteiger partial charge >= 0.3 is 5.97 Å². The lowest BCUT2D eigenvalue weighted by Gasteiger charge is -2.29. The maximum atomic E-state index is 13.5. The number of non-ortho nitro benzene ring substituents is 1. The summed E-state index contributed by atoms with van der Waals surface area (Å²) in [5.74, 6) is -0.616. The van der Waals surface area contributed by atoms with Crippen LogP contribution in [0.3, 0.4) is 0 Å². The van der Waals surface area contributed by atoms with Gasteiger partial charge in [-0.3, -0.25) is 10.1 Å². The Hall–Kier alpha value is -3.04. The van der Waals surface area contributed by atoms with Gasteiger partial charge in [0, 0.05) is 18.2 Å². The number of esters is 1. The zero-order valence-electron chi connectivity index (χ0n) is 16.8. The summed E-state index contributed by atoms with van der Waals surface area (Å²) in [5.41, 5.74) is 1.42. The number of rotatable bonds is 6. The molecule has 0 spiro atoms. The molecule has 0 fully saturated rings. The molecule has 0 radical (unpaired) electrons. The van der Waals surface area contributed by atoms with Crippen LogP contribution < -0.4 is 0 Å². The third kappa shape index (κ3) is 3.99. The number of aryl methyl sites for hydroxylation is 1. The van der Waals surface area contributed by atoms with Gasteiger partial charge in [0.05, 0.1) is 28.0 Å². The zero-order valence-corrected chi connectivity index (χ0v) is 17.6. The van der Waals surface area contributed by atoms with Crippen molar-refractivity contribution in [2.45, 2.75) is 37.8 Å². The van der Waals surface area contributed by atoms with E-state index in [9.17, 15) is 23.3 Å². The third-order valence-corrected chi connectivity index (χ3v) is 6.86. The van der Waals surface area contributed by atoms with Gasteiger partial charge < -0.3 is 4.74 Å². The number of nitrogens with zero attached hydrogens (tertiary/aromatic N) is 2. The van der Waals surface area contributed by atoms with Gasteiger partial charge in [0.2, 0.25) is 10.0 Å². The van der Waals surface area contributed by atoms with Gasteiger partial charge in [-0.25, -0.2) is 13.2 Å². The summed E-state index contributed by atoms with van der Waals surface area (Å²) in [7, 11) is -3.97. The molecule has 0 saturated heterocycles. The molecule has 1 aliphatic rings. The number of nitro groups is 1. The Balaban J connectivity index is 2.11. The van der Waals surface area contributed by atoms with E-state index in [0.29, 0.717) is 5.56 Å². The van der Waals surface area contributed by atoms with Crippen molar-refractivity contribution in [2.24, 2.45) is 0 Å². The number of benzene rings is 2. The Morgan fingerprint density at radius 2 is 1.73 bits per heavy atom. The van der Waals surface area contributed by atoms with E-state index in [4.69, 9.17) is 4.74 Å². The van der Waals surface area contributed by atoms with E-state index in [1.165, 1.54) is 40.7 Å². The van der Waals surface area contributed by atoms with E-state index in [1.807, 2.05) is 6.92 Å². The van der Waals surface area contributed by atoms with Crippen LogP contribution >= 0.6 is 0 Å². The minimum Gasteiger partial charge on any atom is -0.463 e. The van der Waals surface area contributed by atoms with Crippen molar-refractivity contribution in [3.8, 4) is 0 Å². The van der Waals surface area contributed by atoms with Crippen LogP contribution in [-0.2, 0) is 19.6 Å². The number of ether oxygens (including phenoxy) is 1. The first-order chi connectivity index (χ1) is 14.2. The molecule has 0 amide bonds. The summed E-state index contributed by atoms with van der Waals surface area (Å²) in [6, 6.07) is 10.4. The fraction of sp³-hybridized carbons (Fsp3) is 0.286. The third-order valence-electron chi connectivity index (χ3n) is 4.90. The maximum Gasteiger partial charge on any atom is 0.335 e. The molecular weight excluding hydrogens is 408 g/mol. The van der Waals surface area contributed by atoms with E-state index in [2.05, 4.69) is 0 Å². The fourth-order valence-electron chi connectivity index (χ4n) is 3.49. The van der Waals surface area contributed by atoms with Gasteiger partial charge in [0.25, 0.3) is 5.69 Å². The summed E-state index contributed by atoms with van der Waals surface area (Å²) in [5, 5.41) is 11.0. The van der Waals surface area contributed by atoms with E-state index < -0.39 is 33.0 Å². The highest BCUT2D eigenvalue weighted by atomic mass is 32.2. The molecule has 1 heterocycles. The van der Waals surface area contributed by atoms with Crippen LogP contribution in [0.5, 0.6) is 0 Å². The SMILES string of the molecule is CCOC(=O)C1=C[C@@H](C)N(S(=O)(=O)c2ccc(C)cc2)[C@H]1c1ccc([N+](=O)[O-])cc1. The van der Waals surface area contributed by atoms with Gasteiger partial charge in [-0.1, -0.05) is 35.9 Å². The molecule has 9 heteroatoms. The minimum atomic E-state index is -3.97. The average Bonchev–Trinajstić information content (AvgIpc) is 3.06. The normalized spacial score (nSPS) is 19.4. The molecule has 0 bridgehead atoms. The molecule has 158 valence electrons. The van der Waals surface area contributed by atoms with E-state index in [-0.39, 0.29) is 22.8 Å². The largest absolute Gasteiger partial charge is 0.463 e.